The Hall–Kier alpha value is -0.0800. The zero-order valence-corrected chi connectivity index (χ0v) is 7.51. The number of hydrogen-bond donors (Lipinski definition) is 2. The smallest absolute Gasteiger partial charge is 0.0431 e. The van der Waals surface area contributed by atoms with Gasteiger partial charge in [-0.2, -0.15) is 0 Å². The molecule has 11 heavy (non-hydrogen) atoms. The fourth-order valence-corrected chi connectivity index (χ4v) is 1.95. The Labute approximate surface area is 68.8 Å². The monoisotopic (exact) mass is 157 g/mol. The summed E-state index contributed by atoms with van der Waals surface area (Å²) < 4.78 is 0. The lowest BCUT2D eigenvalue weighted by molar-refractivity contribution is 0.273. The summed E-state index contributed by atoms with van der Waals surface area (Å²) in [6, 6.07) is 0. The van der Waals surface area contributed by atoms with Gasteiger partial charge in [-0.15, -0.1) is 0 Å². The van der Waals surface area contributed by atoms with Crippen LogP contribution in [0.2, 0.25) is 0 Å². The first kappa shape index (κ1) is 9.01. The number of aliphatic hydroxyl groups is 1. The molecule has 0 aromatic heterocycles. The Kier molecular flexibility index (Phi) is 2.55. The molecule has 2 nitrogen and oxygen atoms in total. The third-order valence-corrected chi connectivity index (χ3v) is 2.78. The standard InChI is InChI=1S/C9H19NO/c1-7(2)8-6-9(8,10)4-3-5-11/h7-8,11H,3-6,10H2,1-2H3. The highest BCUT2D eigenvalue weighted by atomic mass is 16.2. The minimum atomic E-state index is 0.0803. The lowest BCUT2D eigenvalue weighted by Gasteiger charge is -2.12. The van der Waals surface area contributed by atoms with Crippen LogP contribution in [0, 0.1) is 11.8 Å². The highest BCUT2D eigenvalue weighted by Gasteiger charge is 2.51. The Morgan fingerprint density at radius 1 is 1.64 bits per heavy atom. The van der Waals surface area contributed by atoms with E-state index in [1.54, 1.807) is 0 Å². The van der Waals surface area contributed by atoms with Crippen molar-refractivity contribution >= 4 is 0 Å². The van der Waals surface area contributed by atoms with Crippen molar-refractivity contribution in [3.05, 3.63) is 0 Å². The SMILES string of the molecule is CC(C)C1CC1(N)CCCO. The number of nitrogens with two attached hydrogens (primary N) is 1. The van der Waals surface area contributed by atoms with Gasteiger partial charge in [-0.25, -0.2) is 0 Å². The fraction of sp³-hybridized carbons (Fsp3) is 1.00. The summed E-state index contributed by atoms with van der Waals surface area (Å²) in [4.78, 5) is 0. The molecular weight excluding hydrogens is 138 g/mol. The topological polar surface area (TPSA) is 46.2 Å². The molecule has 1 rings (SSSR count). The van der Waals surface area contributed by atoms with Crippen LogP contribution in [-0.4, -0.2) is 17.3 Å². The number of rotatable bonds is 4. The van der Waals surface area contributed by atoms with E-state index in [0.29, 0.717) is 11.8 Å². The molecule has 0 aromatic carbocycles. The van der Waals surface area contributed by atoms with E-state index < -0.39 is 0 Å². The molecule has 1 saturated carbocycles. The average Bonchev–Trinajstić information content (AvgIpc) is 2.60. The molecule has 66 valence electrons. The van der Waals surface area contributed by atoms with E-state index in [-0.39, 0.29) is 12.1 Å². The molecule has 0 spiro atoms. The first-order valence-corrected chi connectivity index (χ1v) is 4.50. The fourth-order valence-electron chi connectivity index (χ4n) is 1.95. The first-order chi connectivity index (χ1) is 5.10. The molecule has 2 atom stereocenters. The van der Waals surface area contributed by atoms with Crippen LogP contribution in [0.1, 0.15) is 33.1 Å². The maximum absolute atomic E-state index is 8.63. The molecule has 1 aliphatic carbocycles. The van der Waals surface area contributed by atoms with E-state index >= 15 is 0 Å². The molecule has 0 aromatic rings. The largest absolute Gasteiger partial charge is 0.396 e. The molecule has 0 amide bonds. The van der Waals surface area contributed by atoms with Gasteiger partial charge in [0, 0.05) is 12.1 Å². The van der Waals surface area contributed by atoms with Crippen molar-refractivity contribution in [1.29, 1.82) is 0 Å². The highest BCUT2D eigenvalue weighted by molar-refractivity contribution is 5.08. The predicted octanol–water partition coefficient (Wildman–Crippen LogP) is 1.13. The Morgan fingerprint density at radius 2 is 2.27 bits per heavy atom. The Bertz CT molecular complexity index is 136. The van der Waals surface area contributed by atoms with Gasteiger partial charge in [-0.1, -0.05) is 13.8 Å². The van der Waals surface area contributed by atoms with Crippen LogP contribution in [-0.2, 0) is 0 Å². The third-order valence-electron chi connectivity index (χ3n) is 2.78. The second kappa shape index (κ2) is 3.11. The zero-order valence-electron chi connectivity index (χ0n) is 7.51. The molecular formula is C9H19NO. The van der Waals surface area contributed by atoms with Crippen LogP contribution in [0.15, 0.2) is 0 Å². The molecule has 1 fully saturated rings. The summed E-state index contributed by atoms with van der Waals surface area (Å²) in [6.45, 7) is 4.72. The van der Waals surface area contributed by atoms with Gasteiger partial charge in [0.2, 0.25) is 0 Å². The van der Waals surface area contributed by atoms with Crippen molar-refractivity contribution in [2.45, 2.75) is 38.6 Å². The zero-order chi connectivity index (χ0) is 8.48. The van der Waals surface area contributed by atoms with E-state index in [2.05, 4.69) is 13.8 Å². The average molecular weight is 157 g/mol. The van der Waals surface area contributed by atoms with Crippen molar-refractivity contribution < 1.29 is 5.11 Å². The molecule has 2 heteroatoms. The van der Waals surface area contributed by atoms with E-state index in [9.17, 15) is 0 Å². The molecule has 0 radical (unpaired) electrons. The number of aliphatic hydroxyl groups excluding tert-OH is 1. The second-order valence-electron chi connectivity index (χ2n) is 4.11. The summed E-state index contributed by atoms with van der Waals surface area (Å²) in [7, 11) is 0. The van der Waals surface area contributed by atoms with Crippen molar-refractivity contribution in [1.82, 2.24) is 0 Å². The van der Waals surface area contributed by atoms with Gasteiger partial charge >= 0.3 is 0 Å². The van der Waals surface area contributed by atoms with Gasteiger partial charge in [0.15, 0.2) is 0 Å². The van der Waals surface area contributed by atoms with E-state index in [4.69, 9.17) is 10.8 Å². The van der Waals surface area contributed by atoms with Crippen LogP contribution >= 0.6 is 0 Å². The van der Waals surface area contributed by atoms with Crippen LogP contribution in [0.25, 0.3) is 0 Å². The maximum Gasteiger partial charge on any atom is 0.0431 e. The maximum atomic E-state index is 8.63. The van der Waals surface area contributed by atoms with Crippen molar-refractivity contribution in [2.24, 2.45) is 17.6 Å². The van der Waals surface area contributed by atoms with Crippen molar-refractivity contribution in [3.8, 4) is 0 Å². The van der Waals surface area contributed by atoms with Gasteiger partial charge in [-0.3, -0.25) is 0 Å². The second-order valence-corrected chi connectivity index (χ2v) is 4.11. The van der Waals surface area contributed by atoms with Crippen LogP contribution in [0.3, 0.4) is 0 Å². The van der Waals surface area contributed by atoms with Crippen LogP contribution in [0.4, 0.5) is 0 Å². The summed E-state index contributed by atoms with van der Waals surface area (Å²) in [5.41, 5.74) is 6.15. The predicted molar refractivity (Wildman–Crippen MR) is 46.2 cm³/mol. The molecule has 0 saturated heterocycles. The lowest BCUT2D eigenvalue weighted by Crippen LogP contribution is -2.26. The number of hydrogen-bond acceptors (Lipinski definition) is 2. The minimum absolute atomic E-state index is 0.0803. The van der Waals surface area contributed by atoms with Crippen molar-refractivity contribution in [2.75, 3.05) is 6.61 Å². The molecule has 3 N–H and O–H groups in total. The van der Waals surface area contributed by atoms with Gasteiger partial charge in [0.1, 0.15) is 0 Å². The molecule has 0 bridgehead atoms. The van der Waals surface area contributed by atoms with Gasteiger partial charge in [-0.05, 0) is 31.1 Å². The highest BCUT2D eigenvalue weighted by Crippen LogP contribution is 2.48. The summed E-state index contributed by atoms with van der Waals surface area (Å²) >= 11 is 0. The summed E-state index contributed by atoms with van der Waals surface area (Å²) in [5.74, 6) is 1.41. The summed E-state index contributed by atoms with van der Waals surface area (Å²) in [5, 5.41) is 8.63. The van der Waals surface area contributed by atoms with Crippen LogP contribution < -0.4 is 5.73 Å². The molecule has 0 aliphatic heterocycles. The Morgan fingerprint density at radius 3 is 2.64 bits per heavy atom. The van der Waals surface area contributed by atoms with Crippen LogP contribution in [0.5, 0.6) is 0 Å². The van der Waals surface area contributed by atoms with E-state index in [1.807, 2.05) is 0 Å². The minimum Gasteiger partial charge on any atom is -0.396 e. The molecule has 2 unspecified atom stereocenters. The first-order valence-electron chi connectivity index (χ1n) is 4.50. The van der Waals surface area contributed by atoms with Gasteiger partial charge in [0.05, 0.1) is 0 Å². The molecule has 0 heterocycles. The van der Waals surface area contributed by atoms with Gasteiger partial charge in [0.25, 0.3) is 0 Å². The third kappa shape index (κ3) is 1.94. The summed E-state index contributed by atoms with van der Waals surface area (Å²) in [6.07, 6.45) is 3.01. The van der Waals surface area contributed by atoms with Crippen molar-refractivity contribution in [3.63, 3.8) is 0 Å². The van der Waals surface area contributed by atoms with E-state index in [1.165, 1.54) is 0 Å². The molecule has 1 aliphatic rings. The van der Waals surface area contributed by atoms with E-state index in [0.717, 1.165) is 19.3 Å². The quantitative estimate of drug-likeness (QED) is 0.642. The Balaban J connectivity index is 2.25. The lowest BCUT2D eigenvalue weighted by atomic mass is 10.0. The van der Waals surface area contributed by atoms with Gasteiger partial charge < -0.3 is 10.8 Å². The normalized spacial score (nSPS) is 36.3.